The summed E-state index contributed by atoms with van der Waals surface area (Å²) in [6.45, 7) is 0. The monoisotopic (exact) mass is 405 g/mol. The Morgan fingerprint density at radius 3 is 2.38 bits per heavy atom. The van der Waals surface area contributed by atoms with Gasteiger partial charge in [-0.3, -0.25) is 0 Å². The van der Waals surface area contributed by atoms with Gasteiger partial charge < -0.3 is 14.8 Å². The summed E-state index contributed by atoms with van der Waals surface area (Å²) in [6.07, 6.45) is 3.46. The van der Waals surface area contributed by atoms with Gasteiger partial charge >= 0.3 is 5.97 Å². The number of cyclic esters (lactones) is 1. The van der Waals surface area contributed by atoms with Crippen LogP contribution in [0.15, 0.2) is 89.7 Å². The number of benzene rings is 2. The second-order valence-corrected chi connectivity index (χ2v) is 8.16. The number of ether oxygens (including phenoxy) is 1. The van der Waals surface area contributed by atoms with Gasteiger partial charge in [0.1, 0.15) is 16.3 Å². The van der Waals surface area contributed by atoms with Crippen molar-refractivity contribution in [3.05, 3.63) is 106 Å². The summed E-state index contributed by atoms with van der Waals surface area (Å²) in [5.74, 6) is 0.262. The molecule has 5 heteroatoms. The lowest BCUT2D eigenvalue weighted by atomic mass is 9.83. The second-order valence-electron chi connectivity index (χ2n) is 7.17. The van der Waals surface area contributed by atoms with Crippen LogP contribution in [0.4, 0.5) is 0 Å². The molecule has 2 aromatic carbocycles. The minimum atomic E-state index is -0.871. The molecule has 1 aromatic heterocycles. The average molecular weight is 406 g/mol. The summed E-state index contributed by atoms with van der Waals surface area (Å²) < 4.78 is 6.04. The van der Waals surface area contributed by atoms with Gasteiger partial charge in [-0.05, 0) is 36.1 Å². The SMILES string of the molecule is O=C1OC(CCc2ccc[nH]2)(c2ccccc2)CC(O)=C1SCc1ccccc1. The number of rotatable bonds is 7. The van der Waals surface area contributed by atoms with E-state index in [0.717, 1.165) is 23.2 Å². The highest BCUT2D eigenvalue weighted by Gasteiger charge is 2.43. The quantitative estimate of drug-likeness (QED) is 0.510. The number of nitrogens with one attached hydrogen (secondary N) is 1. The van der Waals surface area contributed by atoms with Crippen molar-refractivity contribution < 1.29 is 14.6 Å². The van der Waals surface area contributed by atoms with Gasteiger partial charge in [0.05, 0.1) is 6.42 Å². The summed E-state index contributed by atoms with van der Waals surface area (Å²) in [4.78, 5) is 16.4. The molecule has 0 radical (unpaired) electrons. The Morgan fingerprint density at radius 1 is 1.00 bits per heavy atom. The van der Waals surface area contributed by atoms with Crippen LogP contribution in [0, 0.1) is 0 Å². The zero-order chi connectivity index (χ0) is 20.1. The highest BCUT2D eigenvalue weighted by molar-refractivity contribution is 8.03. The number of hydrogen-bond acceptors (Lipinski definition) is 4. The fourth-order valence-corrected chi connectivity index (χ4v) is 4.55. The summed E-state index contributed by atoms with van der Waals surface area (Å²) in [7, 11) is 0. The number of aromatic nitrogens is 1. The maximum Gasteiger partial charge on any atom is 0.348 e. The van der Waals surface area contributed by atoms with E-state index in [-0.39, 0.29) is 12.2 Å². The largest absolute Gasteiger partial charge is 0.511 e. The smallest absolute Gasteiger partial charge is 0.348 e. The van der Waals surface area contributed by atoms with Gasteiger partial charge in [-0.15, -0.1) is 11.8 Å². The lowest BCUT2D eigenvalue weighted by Crippen LogP contribution is -2.38. The molecule has 0 amide bonds. The first-order valence-corrected chi connectivity index (χ1v) is 10.6. The van der Waals surface area contributed by atoms with Gasteiger partial charge in [0.2, 0.25) is 0 Å². The average Bonchev–Trinajstić information content (AvgIpc) is 3.27. The Kier molecular flexibility index (Phi) is 5.76. The topological polar surface area (TPSA) is 62.3 Å². The van der Waals surface area contributed by atoms with Crippen LogP contribution in [0.1, 0.15) is 29.7 Å². The van der Waals surface area contributed by atoms with Gasteiger partial charge in [0.25, 0.3) is 0 Å². The van der Waals surface area contributed by atoms with Gasteiger partial charge in [0.15, 0.2) is 0 Å². The molecule has 3 aromatic rings. The Balaban J connectivity index is 1.58. The lowest BCUT2D eigenvalue weighted by molar-refractivity contribution is -0.160. The van der Waals surface area contributed by atoms with Crippen LogP contribution in [0.5, 0.6) is 0 Å². The van der Waals surface area contributed by atoms with Crippen LogP contribution in [0.3, 0.4) is 0 Å². The van der Waals surface area contributed by atoms with Gasteiger partial charge in [-0.25, -0.2) is 4.79 Å². The van der Waals surface area contributed by atoms with Crippen LogP contribution in [0.25, 0.3) is 0 Å². The van der Waals surface area contributed by atoms with Gasteiger partial charge in [-0.1, -0.05) is 60.7 Å². The molecule has 0 bridgehead atoms. The van der Waals surface area contributed by atoms with Crippen molar-refractivity contribution in [2.24, 2.45) is 0 Å². The van der Waals surface area contributed by atoms with E-state index in [1.165, 1.54) is 11.8 Å². The molecule has 29 heavy (non-hydrogen) atoms. The number of aliphatic hydroxyl groups is 1. The zero-order valence-electron chi connectivity index (χ0n) is 16.0. The minimum absolute atomic E-state index is 0.109. The molecule has 4 nitrogen and oxygen atoms in total. The highest BCUT2D eigenvalue weighted by Crippen LogP contribution is 2.43. The van der Waals surface area contributed by atoms with E-state index in [9.17, 15) is 9.90 Å². The number of hydrogen-bond donors (Lipinski definition) is 2. The molecular formula is C24H23NO3S. The van der Waals surface area contributed by atoms with Gasteiger partial charge in [-0.2, -0.15) is 0 Å². The number of carbonyl (C=O) groups is 1. The molecule has 0 fully saturated rings. The molecule has 1 atom stereocenters. The third-order valence-electron chi connectivity index (χ3n) is 5.17. The zero-order valence-corrected chi connectivity index (χ0v) is 16.8. The summed E-state index contributed by atoms with van der Waals surface area (Å²) >= 11 is 1.33. The normalized spacial score (nSPS) is 19.2. The Hall–Kier alpha value is -2.92. The van der Waals surface area contributed by atoms with Crippen LogP contribution < -0.4 is 0 Å². The molecule has 4 rings (SSSR count). The fraction of sp³-hybridized carbons (Fsp3) is 0.208. The highest BCUT2D eigenvalue weighted by atomic mass is 32.2. The maximum absolute atomic E-state index is 12.9. The fourth-order valence-electron chi connectivity index (χ4n) is 3.65. The van der Waals surface area contributed by atoms with E-state index in [4.69, 9.17) is 4.74 Å². The third-order valence-corrected chi connectivity index (χ3v) is 6.34. The predicted molar refractivity (Wildman–Crippen MR) is 115 cm³/mol. The third kappa shape index (κ3) is 4.40. The van der Waals surface area contributed by atoms with E-state index in [2.05, 4.69) is 4.98 Å². The van der Waals surface area contributed by atoms with E-state index in [1.807, 2.05) is 79.0 Å². The molecule has 0 saturated carbocycles. The van der Waals surface area contributed by atoms with Crippen molar-refractivity contribution in [1.82, 2.24) is 4.98 Å². The van der Waals surface area contributed by atoms with E-state index in [1.54, 1.807) is 0 Å². The molecule has 148 valence electrons. The number of carbonyl (C=O) groups excluding carboxylic acids is 1. The molecule has 1 aliphatic heterocycles. The van der Waals surface area contributed by atoms with Crippen LogP contribution in [-0.4, -0.2) is 16.1 Å². The molecular weight excluding hydrogens is 382 g/mol. The first-order valence-electron chi connectivity index (χ1n) is 9.66. The van der Waals surface area contributed by atoms with Crippen molar-refractivity contribution >= 4 is 17.7 Å². The standard InChI is InChI=1S/C24H23NO3S/c26-21-16-24(19-10-5-2-6-11-19,14-13-20-12-7-15-25-20)28-23(27)22(21)29-17-18-8-3-1-4-9-18/h1-12,15,25-26H,13-14,16-17H2. The van der Waals surface area contributed by atoms with Crippen molar-refractivity contribution in [1.29, 1.82) is 0 Å². The first kappa shape index (κ1) is 19.4. The summed E-state index contributed by atoms with van der Waals surface area (Å²) in [5, 5.41) is 10.8. The van der Waals surface area contributed by atoms with Crippen LogP contribution in [0.2, 0.25) is 0 Å². The molecule has 0 spiro atoms. The van der Waals surface area contributed by atoms with Crippen molar-refractivity contribution in [3.8, 4) is 0 Å². The molecule has 2 heterocycles. The summed E-state index contributed by atoms with van der Waals surface area (Å²) in [6, 6.07) is 23.6. The second kappa shape index (κ2) is 8.62. The van der Waals surface area contributed by atoms with Crippen molar-refractivity contribution in [2.45, 2.75) is 30.6 Å². The molecule has 1 unspecified atom stereocenters. The number of H-pyrrole nitrogens is 1. The van der Waals surface area contributed by atoms with Gasteiger partial charge in [0, 0.05) is 17.6 Å². The predicted octanol–water partition coefficient (Wildman–Crippen LogP) is 5.49. The van der Waals surface area contributed by atoms with E-state index >= 15 is 0 Å². The molecule has 0 saturated heterocycles. The number of aromatic amines is 1. The molecule has 1 aliphatic rings. The number of aliphatic hydroxyl groups excluding tert-OH is 1. The Labute approximate surface area is 174 Å². The summed E-state index contributed by atoms with van der Waals surface area (Å²) in [5.41, 5.74) is 2.20. The van der Waals surface area contributed by atoms with Crippen molar-refractivity contribution in [2.75, 3.05) is 0 Å². The number of thioether (sulfide) groups is 1. The van der Waals surface area contributed by atoms with Crippen LogP contribution in [-0.2, 0) is 27.3 Å². The number of aryl methyl sites for hydroxylation is 1. The van der Waals surface area contributed by atoms with E-state index in [0.29, 0.717) is 17.1 Å². The Bertz CT molecular complexity index is 983. The van der Waals surface area contributed by atoms with Crippen LogP contribution >= 0.6 is 11.8 Å². The Morgan fingerprint density at radius 2 is 1.72 bits per heavy atom. The van der Waals surface area contributed by atoms with Crippen molar-refractivity contribution in [3.63, 3.8) is 0 Å². The van der Waals surface area contributed by atoms with E-state index < -0.39 is 11.6 Å². The molecule has 2 N–H and O–H groups in total. The first-order chi connectivity index (χ1) is 14.2. The molecule has 0 aliphatic carbocycles. The maximum atomic E-state index is 12.9. The lowest BCUT2D eigenvalue weighted by Gasteiger charge is -2.37. The minimum Gasteiger partial charge on any atom is -0.511 e. The number of esters is 1.